The normalized spacial score (nSPS) is 14.2. The minimum atomic E-state index is -0.332. The number of benzene rings is 5. The van der Waals surface area contributed by atoms with Gasteiger partial charge in [-0.25, -0.2) is 0 Å². The van der Waals surface area contributed by atoms with Gasteiger partial charge in [-0.15, -0.1) is 0 Å². The van der Waals surface area contributed by atoms with Gasteiger partial charge in [-0.2, -0.15) is 0 Å². The molecular formula is C46H54N2O10. The largest absolute Gasteiger partial charge is 0.379 e. The Morgan fingerprint density at radius 1 is 0.345 bits per heavy atom. The molecule has 0 radical (unpaired) electrons. The van der Waals surface area contributed by atoms with Crippen molar-refractivity contribution in [3.05, 3.63) is 70.8 Å². The van der Waals surface area contributed by atoms with Gasteiger partial charge in [-0.3, -0.25) is 29.0 Å². The summed E-state index contributed by atoms with van der Waals surface area (Å²) in [4.78, 5) is 58.2. The summed E-state index contributed by atoms with van der Waals surface area (Å²) in [6.45, 7) is 10.9. The van der Waals surface area contributed by atoms with Crippen LogP contribution >= 0.6 is 0 Å². The van der Waals surface area contributed by atoms with Crippen molar-refractivity contribution in [1.29, 1.82) is 0 Å². The number of unbranched alkanes of at least 4 members (excludes halogenated alkanes) is 2. The zero-order chi connectivity index (χ0) is 40.4. The maximum Gasteiger partial charge on any atom is 0.261 e. The molecule has 0 atom stereocenters. The van der Waals surface area contributed by atoms with E-state index >= 15 is 0 Å². The Labute approximate surface area is 338 Å². The van der Waals surface area contributed by atoms with E-state index in [1.54, 1.807) is 24.3 Å². The van der Waals surface area contributed by atoms with Crippen LogP contribution in [0.25, 0.3) is 43.1 Å². The Morgan fingerprint density at radius 2 is 0.603 bits per heavy atom. The first-order chi connectivity index (χ1) is 28.5. The fraction of sp³-hybridized carbons (Fsp3) is 0.478. The lowest BCUT2D eigenvalue weighted by Crippen LogP contribution is -2.41. The summed E-state index contributed by atoms with van der Waals surface area (Å²) < 4.78 is 33.5. The number of imide groups is 2. The summed E-state index contributed by atoms with van der Waals surface area (Å²) in [7, 11) is 0. The number of hydrogen-bond acceptors (Lipinski definition) is 10. The van der Waals surface area contributed by atoms with Crippen LogP contribution in [0.5, 0.6) is 0 Å². The van der Waals surface area contributed by atoms with Gasteiger partial charge in [0.15, 0.2) is 0 Å². The Balaban J connectivity index is 1.00. The third kappa shape index (κ3) is 8.59. The average Bonchev–Trinajstić information content (AvgIpc) is 3.24. The zero-order valence-electron chi connectivity index (χ0n) is 33.7. The quantitative estimate of drug-likeness (QED) is 0.0242. The molecule has 2 aliphatic heterocycles. The molecule has 5 aromatic rings. The number of carbonyl (C=O) groups excluding carboxylic acids is 4. The van der Waals surface area contributed by atoms with Crippen LogP contribution in [0.1, 0.15) is 93.8 Å². The molecule has 2 aliphatic rings. The molecule has 12 nitrogen and oxygen atoms in total. The molecule has 0 aliphatic carbocycles. The van der Waals surface area contributed by atoms with Crippen LogP contribution in [0.4, 0.5) is 0 Å². The van der Waals surface area contributed by atoms with Crippen molar-refractivity contribution < 1.29 is 47.6 Å². The monoisotopic (exact) mass is 794 g/mol. The maximum absolute atomic E-state index is 13.9. The molecule has 0 bridgehead atoms. The minimum Gasteiger partial charge on any atom is -0.379 e. The summed E-state index contributed by atoms with van der Waals surface area (Å²) in [5.74, 6) is -1.33. The predicted octanol–water partition coefficient (Wildman–Crippen LogP) is 7.41. The van der Waals surface area contributed by atoms with E-state index in [-0.39, 0.29) is 36.7 Å². The Hall–Kier alpha value is -4.56. The summed E-state index contributed by atoms with van der Waals surface area (Å²) in [5, 5.41) is 6.35. The highest BCUT2D eigenvalue weighted by atomic mass is 16.5. The van der Waals surface area contributed by atoms with Gasteiger partial charge in [0.1, 0.15) is 0 Å². The van der Waals surface area contributed by atoms with E-state index in [1.165, 1.54) is 9.80 Å². The van der Waals surface area contributed by atoms with Crippen LogP contribution in [0.3, 0.4) is 0 Å². The van der Waals surface area contributed by atoms with Gasteiger partial charge in [0, 0.05) is 72.5 Å². The number of ether oxygens (including phenoxy) is 6. The molecule has 308 valence electrons. The fourth-order valence-electron chi connectivity index (χ4n) is 8.00. The molecule has 2 heterocycles. The highest BCUT2D eigenvalue weighted by molar-refractivity contribution is 6.41. The summed E-state index contributed by atoms with van der Waals surface area (Å²) in [5.41, 5.74) is 1.91. The van der Waals surface area contributed by atoms with Crippen LogP contribution in [0.2, 0.25) is 0 Å². The van der Waals surface area contributed by atoms with Crippen molar-refractivity contribution in [3.8, 4) is 0 Å². The van der Waals surface area contributed by atoms with E-state index in [2.05, 4.69) is 13.8 Å². The molecule has 0 aromatic heterocycles. The highest BCUT2D eigenvalue weighted by Crippen LogP contribution is 2.46. The van der Waals surface area contributed by atoms with Gasteiger partial charge in [0.05, 0.1) is 52.9 Å². The van der Waals surface area contributed by atoms with Crippen molar-refractivity contribution in [2.45, 2.75) is 52.4 Å². The third-order valence-electron chi connectivity index (χ3n) is 10.9. The molecule has 7 rings (SSSR count). The number of amides is 4. The number of fused-ring (bicyclic) bond motifs is 2. The lowest BCUT2D eigenvalue weighted by atomic mass is 9.82. The van der Waals surface area contributed by atoms with Crippen molar-refractivity contribution in [2.75, 3.05) is 92.4 Å². The van der Waals surface area contributed by atoms with E-state index in [1.807, 2.05) is 24.3 Å². The molecule has 0 saturated carbocycles. The smallest absolute Gasteiger partial charge is 0.261 e. The maximum atomic E-state index is 13.9. The lowest BCUT2D eigenvalue weighted by molar-refractivity contribution is 0.0126. The van der Waals surface area contributed by atoms with Crippen LogP contribution in [0.15, 0.2) is 48.5 Å². The molecule has 58 heavy (non-hydrogen) atoms. The molecule has 5 aromatic carbocycles. The van der Waals surface area contributed by atoms with Gasteiger partial charge in [0.2, 0.25) is 0 Å². The first-order valence-corrected chi connectivity index (χ1v) is 20.9. The Bertz CT molecular complexity index is 1980. The molecule has 0 N–H and O–H groups in total. The van der Waals surface area contributed by atoms with E-state index in [4.69, 9.17) is 28.4 Å². The standard InChI is InChI=1S/C46H54N2O10/c1-3-5-19-53-23-27-57-29-25-55-21-7-17-47-43(49)35-13-9-31-33-11-15-37-42-38(16-12-34(40(33)42)32-10-14-36(44(47)50)41(35)39(31)32)46(52)48(45(37)51)18-8-22-56-26-30-58-28-24-54-20-6-4-2/h9-16H,3-8,17-30H2,1-2H3. The summed E-state index contributed by atoms with van der Waals surface area (Å²) in [6.07, 6.45) is 5.29. The van der Waals surface area contributed by atoms with Gasteiger partial charge in [-0.05, 0) is 82.3 Å². The number of rotatable bonds is 26. The predicted molar refractivity (Wildman–Crippen MR) is 222 cm³/mol. The molecular weight excluding hydrogens is 741 g/mol. The molecule has 0 unspecified atom stereocenters. The summed E-state index contributed by atoms with van der Waals surface area (Å²) in [6, 6.07) is 14.9. The molecule has 4 amide bonds. The second kappa shape index (κ2) is 19.9. The van der Waals surface area contributed by atoms with Crippen molar-refractivity contribution in [2.24, 2.45) is 0 Å². The first-order valence-electron chi connectivity index (χ1n) is 20.9. The van der Waals surface area contributed by atoms with Gasteiger partial charge in [0.25, 0.3) is 23.6 Å². The van der Waals surface area contributed by atoms with Crippen LogP contribution in [0, 0.1) is 0 Å². The van der Waals surface area contributed by atoms with E-state index < -0.39 is 0 Å². The summed E-state index contributed by atoms with van der Waals surface area (Å²) >= 11 is 0. The fourth-order valence-corrected chi connectivity index (χ4v) is 8.00. The number of nitrogens with zero attached hydrogens (tertiary/aromatic N) is 2. The van der Waals surface area contributed by atoms with E-state index in [0.717, 1.165) is 71.2 Å². The zero-order valence-corrected chi connectivity index (χ0v) is 33.7. The molecule has 0 saturated heterocycles. The van der Waals surface area contributed by atoms with Gasteiger partial charge < -0.3 is 28.4 Å². The van der Waals surface area contributed by atoms with Crippen molar-refractivity contribution in [3.63, 3.8) is 0 Å². The van der Waals surface area contributed by atoms with E-state index in [0.29, 0.717) is 112 Å². The Kier molecular flexibility index (Phi) is 14.3. The molecule has 0 spiro atoms. The van der Waals surface area contributed by atoms with Crippen molar-refractivity contribution in [1.82, 2.24) is 9.80 Å². The van der Waals surface area contributed by atoms with Gasteiger partial charge in [-0.1, -0.05) is 51.0 Å². The second-order valence-electron chi connectivity index (χ2n) is 14.8. The first kappa shape index (κ1) is 41.6. The SMILES string of the molecule is CCCCOCCOCCOCCCN1C(=O)c2ccc3c4ccc5c6c(ccc(c7ccc(c2c37)C1=O)c64)C(=O)N(CCCOCCOCCOCCCC)C5=O. The molecule has 0 fully saturated rings. The lowest BCUT2D eigenvalue weighted by Gasteiger charge is -2.30. The topological polar surface area (TPSA) is 130 Å². The minimum absolute atomic E-state index is 0.235. The molecule has 12 heteroatoms. The van der Waals surface area contributed by atoms with E-state index in [9.17, 15) is 19.2 Å². The second-order valence-corrected chi connectivity index (χ2v) is 14.8. The third-order valence-corrected chi connectivity index (χ3v) is 10.9. The van der Waals surface area contributed by atoms with Crippen molar-refractivity contribution >= 4 is 66.7 Å². The Morgan fingerprint density at radius 3 is 0.879 bits per heavy atom. The van der Waals surface area contributed by atoms with Crippen LogP contribution < -0.4 is 0 Å². The van der Waals surface area contributed by atoms with Crippen LogP contribution in [-0.2, 0) is 28.4 Å². The number of hydrogen-bond donors (Lipinski definition) is 0. The number of carbonyl (C=O) groups is 4. The van der Waals surface area contributed by atoms with Gasteiger partial charge >= 0.3 is 0 Å². The highest BCUT2D eigenvalue weighted by Gasteiger charge is 2.36. The van der Waals surface area contributed by atoms with Crippen LogP contribution in [-0.4, -0.2) is 126 Å². The average molecular weight is 795 g/mol.